The molecule has 0 bridgehead atoms. The van der Waals surface area contributed by atoms with Crippen molar-refractivity contribution in [3.8, 4) is 5.75 Å². The maximum Gasteiger partial charge on any atom is 0.229 e. The van der Waals surface area contributed by atoms with Crippen molar-refractivity contribution in [2.45, 2.75) is 0 Å². The van der Waals surface area contributed by atoms with E-state index in [1.165, 1.54) is 0 Å². The molecule has 0 spiro atoms. The van der Waals surface area contributed by atoms with Crippen LogP contribution in [0.5, 0.6) is 5.75 Å². The zero-order chi connectivity index (χ0) is 13.2. The Balaban J connectivity index is 1.95. The number of anilines is 2. The fourth-order valence-electron chi connectivity index (χ4n) is 1.69. The molecule has 0 saturated carbocycles. The SMILES string of the molecule is COc1cc(Cl)ccc1Nc1ncc2[nH]cnc2n1. The van der Waals surface area contributed by atoms with Crippen molar-refractivity contribution in [1.29, 1.82) is 0 Å². The zero-order valence-electron chi connectivity index (χ0n) is 10.0. The summed E-state index contributed by atoms with van der Waals surface area (Å²) < 4.78 is 5.25. The highest BCUT2D eigenvalue weighted by molar-refractivity contribution is 6.30. The molecular formula is C12H10ClN5O. The van der Waals surface area contributed by atoms with Crippen LogP contribution in [-0.2, 0) is 0 Å². The molecule has 3 aromatic rings. The number of rotatable bonds is 3. The van der Waals surface area contributed by atoms with Gasteiger partial charge >= 0.3 is 0 Å². The standard InChI is InChI=1S/C12H10ClN5O/c1-19-10-4-7(13)2-3-8(10)17-12-14-5-9-11(18-12)16-6-15-9/h2-6H,1H3,(H2,14,15,16,17,18). The lowest BCUT2D eigenvalue weighted by Crippen LogP contribution is -1.99. The molecular weight excluding hydrogens is 266 g/mol. The van der Waals surface area contributed by atoms with Crippen molar-refractivity contribution in [2.24, 2.45) is 0 Å². The predicted octanol–water partition coefficient (Wildman–Crippen LogP) is 2.76. The summed E-state index contributed by atoms with van der Waals surface area (Å²) in [5, 5.41) is 3.68. The van der Waals surface area contributed by atoms with Gasteiger partial charge in [-0.3, -0.25) is 0 Å². The normalized spacial score (nSPS) is 10.6. The van der Waals surface area contributed by atoms with Crippen LogP contribution in [0.4, 0.5) is 11.6 Å². The fourth-order valence-corrected chi connectivity index (χ4v) is 1.85. The fraction of sp³-hybridized carbons (Fsp3) is 0.0833. The summed E-state index contributed by atoms with van der Waals surface area (Å²) in [6.45, 7) is 0. The minimum atomic E-state index is 0.445. The first kappa shape index (κ1) is 11.7. The van der Waals surface area contributed by atoms with Gasteiger partial charge in [0.1, 0.15) is 11.3 Å². The van der Waals surface area contributed by atoms with E-state index in [0.29, 0.717) is 22.4 Å². The van der Waals surface area contributed by atoms with Crippen molar-refractivity contribution < 1.29 is 4.74 Å². The monoisotopic (exact) mass is 275 g/mol. The lowest BCUT2D eigenvalue weighted by atomic mass is 10.3. The van der Waals surface area contributed by atoms with Gasteiger partial charge in [0.05, 0.1) is 25.3 Å². The third-order valence-electron chi connectivity index (χ3n) is 2.59. The number of ether oxygens (including phenoxy) is 1. The predicted molar refractivity (Wildman–Crippen MR) is 73.0 cm³/mol. The molecule has 19 heavy (non-hydrogen) atoms. The van der Waals surface area contributed by atoms with Gasteiger partial charge in [-0.1, -0.05) is 11.6 Å². The van der Waals surface area contributed by atoms with E-state index in [1.807, 2.05) is 0 Å². The highest BCUT2D eigenvalue weighted by Crippen LogP contribution is 2.29. The van der Waals surface area contributed by atoms with E-state index in [9.17, 15) is 0 Å². The van der Waals surface area contributed by atoms with E-state index in [2.05, 4.69) is 25.3 Å². The van der Waals surface area contributed by atoms with Crippen LogP contribution in [0.1, 0.15) is 0 Å². The number of nitrogens with zero attached hydrogens (tertiary/aromatic N) is 3. The molecule has 0 atom stereocenters. The summed E-state index contributed by atoms with van der Waals surface area (Å²) in [4.78, 5) is 15.5. The third kappa shape index (κ3) is 2.30. The van der Waals surface area contributed by atoms with E-state index in [0.717, 1.165) is 11.2 Å². The van der Waals surface area contributed by atoms with E-state index >= 15 is 0 Å². The smallest absolute Gasteiger partial charge is 0.229 e. The van der Waals surface area contributed by atoms with Crippen molar-refractivity contribution in [3.05, 3.63) is 35.7 Å². The third-order valence-corrected chi connectivity index (χ3v) is 2.82. The largest absolute Gasteiger partial charge is 0.495 e. The van der Waals surface area contributed by atoms with E-state index in [-0.39, 0.29) is 0 Å². The number of methoxy groups -OCH3 is 1. The van der Waals surface area contributed by atoms with Crippen LogP contribution in [-0.4, -0.2) is 27.0 Å². The second-order valence-corrected chi connectivity index (χ2v) is 4.24. The molecule has 0 aliphatic heterocycles. The van der Waals surface area contributed by atoms with Gasteiger partial charge in [-0.25, -0.2) is 9.97 Å². The van der Waals surface area contributed by atoms with E-state index in [1.54, 1.807) is 37.8 Å². The summed E-state index contributed by atoms with van der Waals surface area (Å²) in [5.74, 6) is 1.07. The summed E-state index contributed by atoms with van der Waals surface area (Å²) >= 11 is 5.91. The molecule has 2 N–H and O–H groups in total. The molecule has 0 saturated heterocycles. The summed E-state index contributed by atoms with van der Waals surface area (Å²) in [6.07, 6.45) is 3.24. The van der Waals surface area contributed by atoms with E-state index in [4.69, 9.17) is 16.3 Å². The Morgan fingerprint density at radius 2 is 2.21 bits per heavy atom. The summed E-state index contributed by atoms with van der Waals surface area (Å²) in [5.41, 5.74) is 2.13. The van der Waals surface area contributed by atoms with Crippen molar-refractivity contribution in [3.63, 3.8) is 0 Å². The maximum absolute atomic E-state index is 5.91. The Hall–Kier alpha value is -2.34. The number of hydrogen-bond acceptors (Lipinski definition) is 5. The van der Waals surface area contributed by atoms with Gasteiger partial charge in [-0.2, -0.15) is 4.98 Å². The number of nitrogens with one attached hydrogen (secondary N) is 2. The molecule has 2 aromatic heterocycles. The number of hydrogen-bond donors (Lipinski definition) is 2. The Kier molecular flexibility index (Phi) is 2.92. The Bertz CT molecular complexity index is 727. The van der Waals surface area contributed by atoms with Gasteiger partial charge in [0, 0.05) is 11.1 Å². The van der Waals surface area contributed by atoms with Gasteiger partial charge in [0.15, 0.2) is 5.65 Å². The highest BCUT2D eigenvalue weighted by atomic mass is 35.5. The molecule has 1 aromatic carbocycles. The van der Waals surface area contributed by atoms with Gasteiger partial charge < -0.3 is 15.0 Å². The minimum Gasteiger partial charge on any atom is -0.495 e. The number of H-pyrrole nitrogens is 1. The number of halogens is 1. The van der Waals surface area contributed by atoms with Crippen LogP contribution >= 0.6 is 11.6 Å². The van der Waals surface area contributed by atoms with Crippen molar-refractivity contribution in [1.82, 2.24) is 19.9 Å². The molecule has 3 rings (SSSR count). The average Bonchev–Trinajstić information content (AvgIpc) is 2.88. The first-order chi connectivity index (χ1) is 9.26. The van der Waals surface area contributed by atoms with Gasteiger partial charge in [0.25, 0.3) is 0 Å². The maximum atomic E-state index is 5.91. The van der Waals surface area contributed by atoms with Crippen molar-refractivity contribution >= 4 is 34.4 Å². The van der Waals surface area contributed by atoms with Crippen molar-refractivity contribution in [2.75, 3.05) is 12.4 Å². The molecule has 7 heteroatoms. The molecule has 96 valence electrons. The average molecular weight is 276 g/mol. The van der Waals surface area contributed by atoms with Crippen LogP contribution in [0.15, 0.2) is 30.7 Å². The molecule has 0 radical (unpaired) electrons. The molecule has 2 heterocycles. The zero-order valence-corrected chi connectivity index (χ0v) is 10.8. The topological polar surface area (TPSA) is 75.7 Å². The molecule has 6 nitrogen and oxygen atoms in total. The molecule has 0 aliphatic rings. The number of fused-ring (bicyclic) bond motifs is 1. The first-order valence-electron chi connectivity index (χ1n) is 5.53. The minimum absolute atomic E-state index is 0.445. The number of benzene rings is 1. The second kappa shape index (κ2) is 4.74. The Labute approximate surface area is 113 Å². The molecule has 0 amide bonds. The van der Waals surface area contributed by atoms with Crippen LogP contribution in [0, 0.1) is 0 Å². The number of aromatic amines is 1. The molecule has 0 fully saturated rings. The van der Waals surface area contributed by atoms with Crippen LogP contribution in [0.2, 0.25) is 5.02 Å². The molecule has 0 unspecified atom stereocenters. The second-order valence-electron chi connectivity index (χ2n) is 3.80. The van der Waals surface area contributed by atoms with E-state index < -0.39 is 0 Å². The number of imidazole rings is 1. The van der Waals surface area contributed by atoms with Crippen LogP contribution in [0.25, 0.3) is 11.2 Å². The van der Waals surface area contributed by atoms with Crippen LogP contribution in [0.3, 0.4) is 0 Å². The molecule has 0 aliphatic carbocycles. The quantitative estimate of drug-likeness (QED) is 0.769. The lowest BCUT2D eigenvalue weighted by molar-refractivity contribution is 0.417. The Morgan fingerprint density at radius 3 is 3.05 bits per heavy atom. The highest BCUT2D eigenvalue weighted by Gasteiger charge is 2.07. The van der Waals surface area contributed by atoms with Gasteiger partial charge in [-0.05, 0) is 12.1 Å². The Morgan fingerprint density at radius 1 is 1.32 bits per heavy atom. The van der Waals surface area contributed by atoms with Gasteiger partial charge in [0.2, 0.25) is 5.95 Å². The van der Waals surface area contributed by atoms with Gasteiger partial charge in [-0.15, -0.1) is 0 Å². The first-order valence-corrected chi connectivity index (χ1v) is 5.91. The lowest BCUT2D eigenvalue weighted by Gasteiger charge is -2.09. The summed E-state index contributed by atoms with van der Waals surface area (Å²) in [6, 6.07) is 5.29. The summed E-state index contributed by atoms with van der Waals surface area (Å²) in [7, 11) is 1.58. The number of aromatic nitrogens is 4. The van der Waals surface area contributed by atoms with Crippen LogP contribution < -0.4 is 10.1 Å².